The fraction of sp³-hybridized carbons (Fsp3) is 0.333. The zero-order chi connectivity index (χ0) is 11.7. The van der Waals surface area contributed by atoms with Gasteiger partial charge in [-0.3, -0.25) is 0 Å². The summed E-state index contributed by atoms with van der Waals surface area (Å²) in [6, 6.07) is 5.65. The van der Waals surface area contributed by atoms with Gasteiger partial charge in [-0.2, -0.15) is 0 Å². The summed E-state index contributed by atoms with van der Waals surface area (Å²) in [7, 11) is 0. The molecule has 4 heteroatoms. The molecule has 0 aliphatic rings. The number of para-hydroxylation sites is 1. The largest absolute Gasteiger partial charge is 0.392 e. The monoisotopic (exact) mass is 257 g/mol. The second kappa shape index (κ2) is 4.66. The summed E-state index contributed by atoms with van der Waals surface area (Å²) >= 11 is 12.4. The summed E-state index contributed by atoms with van der Waals surface area (Å²) in [5.41, 5.74) is 1.67. The molecule has 1 aromatic heterocycles. The van der Waals surface area contributed by atoms with Crippen LogP contribution in [0.15, 0.2) is 18.2 Å². The average Bonchev–Trinajstić information content (AvgIpc) is 2.54. The molecule has 0 amide bonds. The summed E-state index contributed by atoms with van der Waals surface area (Å²) in [5, 5.41) is 11.6. The van der Waals surface area contributed by atoms with Crippen LogP contribution in [0, 0.1) is 0 Å². The third-order valence-electron chi connectivity index (χ3n) is 2.67. The maximum absolute atomic E-state index is 9.35. The number of aliphatic hydroxyl groups is 1. The lowest BCUT2D eigenvalue weighted by atomic mass is 10.2. The third-order valence-corrected chi connectivity index (χ3v) is 3.41. The Hall–Kier alpha value is -0.700. The van der Waals surface area contributed by atoms with E-state index in [0.29, 0.717) is 10.2 Å². The summed E-state index contributed by atoms with van der Waals surface area (Å²) < 4.78 is 1.96. The average molecular weight is 258 g/mol. The normalized spacial score (nSPS) is 11.2. The summed E-state index contributed by atoms with van der Waals surface area (Å²) in [4.78, 5) is 0. The molecule has 1 aromatic carbocycles. The van der Waals surface area contributed by atoms with Gasteiger partial charge in [-0.25, -0.2) is 0 Å². The minimum Gasteiger partial charge on any atom is -0.392 e. The van der Waals surface area contributed by atoms with Gasteiger partial charge in [-0.05, 0) is 12.5 Å². The van der Waals surface area contributed by atoms with Crippen LogP contribution < -0.4 is 0 Å². The van der Waals surface area contributed by atoms with Crippen LogP contribution in [0.2, 0.25) is 10.2 Å². The molecule has 0 aliphatic heterocycles. The van der Waals surface area contributed by atoms with Gasteiger partial charge in [0.05, 0.1) is 17.1 Å². The highest BCUT2D eigenvalue weighted by molar-refractivity contribution is 6.37. The van der Waals surface area contributed by atoms with E-state index in [-0.39, 0.29) is 6.61 Å². The van der Waals surface area contributed by atoms with Gasteiger partial charge in [0, 0.05) is 17.5 Å². The molecule has 86 valence electrons. The summed E-state index contributed by atoms with van der Waals surface area (Å²) in [6.07, 6.45) is 0.972. The number of rotatable bonds is 3. The van der Waals surface area contributed by atoms with E-state index in [9.17, 15) is 5.11 Å². The van der Waals surface area contributed by atoms with Gasteiger partial charge in [0.25, 0.3) is 0 Å². The van der Waals surface area contributed by atoms with Gasteiger partial charge >= 0.3 is 0 Å². The molecule has 1 N–H and O–H groups in total. The lowest BCUT2D eigenvalue weighted by Gasteiger charge is -2.05. The number of aliphatic hydroxyl groups excluding tert-OH is 1. The van der Waals surface area contributed by atoms with Crippen LogP contribution in [0.4, 0.5) is 0 Å². The lowest BCUT2D eigenvalue weighted by Crippen LogP contribution is -1.97. The van der Waals surface area contributed by atoms with E-state index >= 15 is 0 Å². The molecular formula is C12H13Cl2NO. The van der Waals surface area contributed by atoms with Crippen LogP contribution >= 0.6 is 23.2 Å². The van der Waals surface area contributed by atoms with Crippen LogP contribution in [-0.2, 0) is 13.2 Å². The first-order chi connectivity index (χ1) is 7.70. The Labute approximate surface area is 104 Å². The molecule has 2 aromatic rings. The lowest BCUT2D eigenvalue weighted by molar-refractivity contribution is 0.283. The number of aromatic nitrogens is 1. The SMILES string of the molecule is CCCn1c(Cl)c(CO)c2cccc(Cl)c21. The number of halogens is 2. The van der Waals surface area contributed by atoms with E-state index in [1.54, 1.807) is 0 Å². The Bertz CT molecular complexity index is 519. The van der Waals surface area contributed by atoms with E-state index in [4.69, 9.17) is 23.2 Å². The molecule has 16 heavy (non-hydrogen) atoms. The van der Waals surface area contributed by atoms with Gasteiger partial charge in [-0.15, -0.1) is 0 Å². The van der Waals surface area contributed by atoms with E-state index in [1.165, 1.54) is 0 Å². The molecule has 0 spiro atoms. The number of benzene rings is 1. The Morgan fingerprint density at radius 1 is 1.31 bits per heavy atom. The van der Waals surface area contributed by atoms with Crippen molar-refractivity contribution >= 4 is 34.1 Å². The fourth-order valence-corrected chi connectivity index (χ4v) is 2.60. The highest BCUT2D eigenvalue weighted by atomic mass is 35.5. The van der Waals surface area contributed by atoms with Crippen LogP contribution in [0.3, 0.4) is 0 Å². The van der Waals surface area contributed by atoms with Gasteiger partial charge in [0.2, 0.25) is 0 Å². The number of aryl methyl sites for hydroxylation is 1. The Morgan fingerprint density at radius 3 is 2.69 bits per heavy atom. The molecule has 0 bridgehead atoms. The summed E-state index contributed by atoms with van der Waals surface area (Å²) in [5.74, 6) is 0. The zero-order valence-electron chi connectivity index (χ0n) is 9.00. The first-order valence-corrected chi connectivity index (χ1v) is 6.02. The first-order valence-electron chi connectivity index (χ1n) is 5.26. The van der Waals surface area contributed by atoms with E-state index in [2.05, 4.69) is 6.92 Å². The molecule has 2 rings (SSSR count). The van der Waals surface area contributed by atoms with Gasteiger partial charge < -0.3 is 9.67 Å². The Kier molecular flexibility index (Phi) is 3.43. The highest BCUT2D eigenvalue weighted by Gasteiger charge is 2.16. The summed E-state index contributed by atoms with van der Waals surface area (Å²) in [6.45, 7) is 2.82. The number of hydrogen-bond acceptors (Lipinski definition) is 1. The quantitative estimate of drug-likeness (QED) is 0.888. The van der Waals surface area contributed by atoms with Gasteiger partial charge in [-0.1, -0.05) is 42.3 Å². The standard InChI is InChI=1S/C12H13Cl2NO/c1-2-6-15-11-8(4-3-5-10(11)13)9(7-16)12(15)14/h3-5,16H,2,6-7H2,1H3. The number of nitrogens with zero attached hydrogens (tertiary/aromatic N) is 1. The second-order valence-electron chi connectivity index (χ2n) is 3.72. The Morgan fingerprint density at radius 2 is 2.06 bits per heavy atom. The second-order valence-corrected chi connectivity index (χ2v) is 4.48. The molecule has 0 radical (unpaired) electrons. The van der Waals surface area contributed by atoms with Crippen LogP contribution in [-0.4, -0.2) is 9.67 Å². The van der Waals surface area contributed by atoms with Crippen molar-refractivity contribution in [2.24, 2.45) is 0 Å². The Balaban J connectivity index is 2.81. The van der Waals surface area contributed by atoms with Gasteiger partial charge in [0.1, 0.15) is 5.15 Å². The van der Waals surface area contributed by atoms with Crippen molar-refractivity contribution < 1.29 is 5.11 Å². The number of hydrogen-bond donors (Lipinski definition) is 1. The van der Waals surface area contributed by atoms with E-state index in [0.717, 1.165) is 29.4 Å². The minimum atomic E-state index is -0.0631. The molecule has 0 saturated carbocycles. The first kappa shape index (κ1) is 11.8. The van der Waals surface area contributed by atoms with Crippen molar-refractivity contribution in [1.29, 1.82) is 0 Å². The molecular weight excluding hydrogens is 245 g/mol. The zero-order valence-corrected chi connectivity index (χ0v) is 10.5. The predicted molar refractivity (Wildman–Crippen MR) is 68.2 cm³/mol. The molecule has 0 saturated heterocycles. The minimum absolute atomic E-state index is 0.0631. The molecule has 0 unspecified atom stereocenters. The molecule has 0 fully saturated rings. The number of fused-ring (bicyclic) bond motifs is 1. The van der Waals surface area contributed by atoms with Crippen molar-refractivity contribution in [2.75, 3.05) is 0 Å². The highest BCUT2D eigenvalue weighted by Crippen LogP contribution is 2.34. The van der Waals surface area contributed by atoms with Crippen molar-refractivity contribution in [2.45, 2.75) is 26.5 Å². The topological polar surface area (TPSA) is 25.2 Å². The van der Waals surface area contributed by atoms with Crippen LogP contribution in [0.1, 0.15) is 18.9 Å². The van der Waals surface area contributed by atoms with Crippen molar-refractivity contribution in [1.82, 2.24) is 4.57 Å². The van der Waals surface area contributed by atoms with Gasteiger partial charge in [0.15, 0.2) is 0 Å². The van der Waals surface area contributed by atoms with E-state index < -0.39 is 0 Å². The maximum atomic E-state index is 9.35. The van der Waals surface area contributed by atoms with Crippen molar-refractivity contribution in [3.8, 4) is 0 Å². The van der Waals surface area contributed by atoms with Crippen molar-refractivity contribution in [3.63, 3.8) is 0 Å². The van der Waals surface area contributed by atoms with Crippen LogP contribution in [0.5, 0.6) is 0 Å². The smallest absolute Gasteiger partial charge is 0.115 e. The molecule has 0 atom stereocenters. The predicted octanol–water partition coefficient (Wildman–Crippen LogP) is 3.85. The van der Waals surface area contributed by atoms with Crippen LogP contribution in [0.25, 0.3) is 10.9 Å². The third kappa shape index (κ3) is 1.71. The maximum Gasteiger partial charge on any atom is 0.115 e. The fourth-order valence-electron chi connectivity index (χ4n) is 1.99. The van der Waals surface area contributed by atoms with E-state index in [1.807, 2.05) is 22.8 Å². The van der Waals surface area contributed by atoms with Crippen molar-refractivity contribution in [3.05, 3.63) is 33.9 Å². The molecule has 0 aliphatic carbocycles. The molecule has 1 heterocycles. The molecule has 2 nitrogen and oxygen atoms in total.